The van der Waals surface area contributed by atoms with E-state index in [1.807, 2.05) is 0 Å². The van der Waals surface area contributed by atoms with Gasteiger partial charge in [-0.25, -0.2) is 0 Å². The Labute approximate surface area is 125 Å². The SMILES string of the molecule is C=CCOC[C@@H](OC)[C@@H](OC)[C@H](OC)[C@H](CN=[N+]=[N-])OC. The van der Waals surface area contributed by atoms with Crippen molar-refractivity contribution in [2.75, 3.05) is 48.2 Å². The molecule has 0 saturated heterocycles. The third-order valence-electron chi connectivity index (χ3n) is 3.05. The number of azide groups is 1. The van der Waals surface area contributed by atoms with Gasteiger partial charge in [0, 0.05) is 33.4 Å². The van der Waals surface area contributed by atoms with Gasteiger partial charge in [0.25, 0.3) is 0 Å². The van der Waals surface area contributed by atoms with Crippen LogP contribution in [0.1, 0.15) is 0 Å². The van der Waals surface area contributed by atoms with Crippen molar-refractivity contribution in [1.29, 1.82) is 0 Å². The third-order valence-corrected chi connectivity index (χ3v) is 3.05. The molecule has 0 aromatic heterocycles. The van der Waals surface area contributed by atoms with Crippen LogP contribution in [0.4, 0.5) is 0 Å². The van der Waals surface area contributed by atoms with Crippen molar-refractivity contribution in [2.45, 2.75) is 24.4 Å². The summed E-state index contributed by atoms with van der Waals surface area (Å²) in [6.07, 6.45) is -0.0648. The Kier molecular flexibility index (Phi) is 11.9. The number of hydrogen-bond acceptors (Lipinski definition) is 6. The molecule has 0 heterocycles. The van der Waals surface area contributed by atoms with E-state index in [0.717, 1.165) is 0 Å². The van der Waals surface area contributed by atoms with E-state index in [2.05, 4.69) is 16.6 Å². The molecule has 4 atom stereocenters. The molecule has 0 aromatic carbocycles. The summed E-state index contributed by atoms with van der Waals surface area (Å²) in [5.74, 6) is 0. The molecule has 0 bridgehead atoms. The van der Waals surface area contributed by atoms with E-state index in [-0.39, 0.29) is 12.6 Å². The van der Waals surface area contributed by atoms with Gasteiger partial charge in [-0.2, -0.15) is 0 Å². The van der Waals surface area contributed by atoms with Gasteiger partial charge in [-0.3, -0.25) is 0 Å². The molecule has 8 nitrogen and oxygen atoms in total. The van der Waals surface area contributed by atoms with Crippen molar-refractivity contribution < 1.29 is 23.7 Å². The average Bonchev–Trinajstić information content (AvgIpc) is 2.52. The first kappa shape index (κ1) is 19.9. The van der Waals surface area contributed by atoms with E-state index in [4.69, 9.17) is 29.2 Å². The van der Waals surface area contributed by atoms with Crippen LogP contribution < -0.4 is 0 Å². The zero-order chi connectivity index (χ0) is 16.1. The van der Waals surface area contributed by atoms with E-state index < -0.39 is 18.3 Å². The molecular weight excluding hydrogens is 278 g/mol. The summed E-state index contributed by atoms with van der Waals surface area (Å²) < 4.78 is 27.1. The standard InChI is InChI=1S/C13H25N3O5/c1-6-7-21-9-11(18-3)13(20-5)12(19-4)10(17-2)8-15-16-14/h6,10-13H,1,7-9H2,2-5H3/t10-,11+,12+,13+/m0/s1. The highest BCUT2D eigenvalue weighted by Crippen LogP contribution is 2.17. The Balaban J connectivity index is 4.93. The molecule has 8 heteroatoms. The number of ether oxygens (including phenoxy) is 5. The summed E-state index contributed by atoms with van der Waals surface area (Å²) >= 11 is 0. The molecule has 0 amide bonds. The zero-order valence-electron chi connectivity index (χ0n) is 13.1. The maximum atomic E-state index is 8.44. The van der Waals surface area contributed by atoms with Crippen LogP contribution in [-0.2, 0) is 23.7 Å². The summed E-state index contributed by atoms with van der Waals surface area (Å²) in [5, 5.41) is 3.52. The predicted octanol–water partition coefficient (Wildman–Crippen LogP) is 1.56. The van der Waals surface area contributed by atoms with Crippen LogP contribution >= 0.6 is 0 Å². The van der Waals surface area contributed by atoms with E-state index >= 15 is 0 Å². The van der Waals surface area contributed by atoms with Crippen LogP contribution in [0.3, 0.4) is 0 Å². The van der Waals surface area contributed by atoms with Crippen molar-refractivity contribution >= 4 is 0 Å². The fourth-order valence-electron chi connectivity index (χ4n) is 1.99. The van der Waals surface area contributed by atoms with Crippen LogP contribution in [0, 0.1) is 0 Å². The van der Waals surface area contributed by atoms with Gasteiger partial charge >= 0.3 is 0 Å². The third kappa shape index (κ3) is 6.90. The van der Waals surface area contributed by atoms with Gasteiger partial charge in [0.2, 0.25) is 0 Å². The maximum absolute atomic E-state index is 8.44. The molecule has 0 fully saturated rings. The first-order valence-electron chi connectivity index (χ1n) is 6.50. The van der Waals surface area contributed by atoms with Crippen LogP contribution in [0.5, 0.6) is 0 Å². The molecule has 122 valence electrons. The van der Waals surface area contributed by atoms with Gasteiger partial charge in [-0.1, -0.05) is 11.2 Å². The van der Waals surface area contributed by atoms with E-state index in [1.54, 1.807) is 20.3 Å². The van der Waals surface area contributed by atoms with E-state index in [9.17, 15) is 0 Å². The Morgan fingerprint density at radius 2 is 1.62 bits per heavy atom. The molecule has 0 aliphatic heterocycles. The molecular formula is C13H25N3O5. The van der Waals surface area contributed by atoms with Gasteiger partial charge in [0.15, 0.2) is 0 Å². The normalized spacial score (nSPS) is 16.6. The highest BCUT2D eigenvalue weighted by molar-refractivity contribution is 4.86. The monoisotopic (exact) mass is 303 g/mol. The van der Waals surface area contributed by atoms with Gasteiger partial charge in [-0.05, 0) is 5.53 Å². The van der Waals surface area contributed by atoms with Gasteiger partial charge in [0.05, 0.1) is 25.9 Å². The minimum absolute atomic E-state index is 0.134. The second kappa shape index (κ2) is 12.6. The van der Waals surface area contributed by atoms with Crippen molar-refractivity contribution in [3.8, 4) is 0 Å². The molecule has 0 aliphatic rings. The van der Waals surface area contributed by atoms with Crippen LogP contribution in [0.25, 0.3) is 10.4 Å². The molecule has 0 radical (unpaired) electrons. The first-order valence-corrected chi connectivity index (χ1v) is 6.50. The lowest BCUT2D eigenvalue weighted by molar-refractivity contribution is -0.157. The minimum atomic E-state index is -0.470. The summed E-state index contributed by atoms with van der Waals surface area (Å²) in [6, 6.07) is 0. The molecule has 21 heavy (non-hydrogen) atoms. The Bertz CT molecular complexity index is 323. The molecule has 0 saturated carbocycles. The van der Waals surface area contributed by atoms with Crippen LogP contribution in [0.2, 0.25) is 0 Å². The highest BCUT2D eigenvalue weighted by atomic mass is 16.6. The second-order valence-corrected chi connectivity index (χ2v) is 4.19. The van der Waals surface area contributed by atoms with Crippen LogP contribution in [-0.4, -0.2) is 72.6 Å². The molecule has 0 aliphatic carbocycles. The van der Waals surface area contributed by atoms with E-state index in [0.29, 0.717) is 13.2 Å². The summed E-state index contributed by atoms with van der Waals surface area (Å²) in [5.41, 5.74) is 8.44. The number of methoxy groups -OCH3 is 4. The Morgan fingerprint density at radius 3 is 2.05 bits per heavy atom. The topological polar surface area (TPSA) is 94.9 Å². The largest absolute Gasteiger partial charge is 0.379 e. The highest BCUT2D eigenvalue weighted by Gasteiger charge is 2.35. The lowest BCUT2D eigenvalue weighted by Gasteiger charge is -2.34. The van der Waals surface area contributed by atoms with Gasteiger partial charge < -0.3 is 23.7 Å². The van der Waals surface area contributed by atoms with E-state index in [1.165, 1.54) is 14.2 Å². The second-order valence-electron chi connectivity index (χ2n) is 4.19. The quantitative estimate of drug-likeness (QED) is 0.169. The molecule has 0 unspecified atom stereocenters. The van der Waals surface area contributed by atoms with Crippen LogP contribution in [0.15, 0.2) is 17.8 Å². The number of nitrogens with zero attached hydrogens (tertiary/aromatic N) is 3. The van der Waals surface area contributed by atoms with Gasteiger partial charge in [0.1, 0.15) is 18.3 Å². The lowest BCUT2D eigenvalue weighted by Crippen LogP contribution is -2.50. The summed E-state index contributed by atoms with van der Waals surface area (Å²) in [7, 11) is 6.18. The number of rotatable bonds is 13. The Hall–Kier alpha value is -1.15. The van der Waals surface area contributed by atoms with Crippen molar-refractivity contribution in [1.82, 2.24) is 0 Å². The minimum Gasteiger partial charge on any atom is -0.379 e. The fraction of sp³-hybridized carbons (Fsp3) is 0.846. The fourth-order valence-corrected chi connectivity index (χ4v) is 1.99. The molecule has 0 aromatic rings. The number of hydrogen-bond donors (Lipinski definition) is 0. The summed E-state index contributed by atoms with van der Waals surface area (Å²) in [4.78, 5) is 2.73. The first-order chi connectivity index (χ1) is 10.2. The van der Waals surface area contributed by atoms with Crippen molar-refractivity contribution in [2.24, 2.45) is 5.11 Å². The van der Waals surface area contributed by atoms with Gasteiger partial charge in [-0.15, -0.1) is 6.58 Å². The molecule has 0 N–H and O–H groups in total. The van der Waals surface area contributed by atoms with Crippen molar-refractivity contribution in [3.63, 3.8) is 0 Å². The molecule has 0 rings (SSSR count). The Morgan fingerprint density at radius 1 is 1.05 bits per heavy atom. The maximum Gasteiger partial charge on any atom is 0.114 e. The predicted molar refractivity (Wildman–Crippen MR) is 78.2 cm³/mol. The zero-order valence-corrected chi connectivity index (χ0v) is 13.1. The molecule has 0 spiro atoms. The van der Waals surface area contributed by atoms with Crippen molar-refractivity contribution in [3.05, 3.63) is 23.1 Å². The summed E-state index contributed by atoms with van der Waals surface area (Å²) in [6.45, 7) is 4.46. The lowest BCUT2D eigenvalue weighted by atomic mass is 10.0. The smallest absolute Gasteiger partial charge is 0.114 e. The average molecular weight is 303 g/mol.